The van der Waals surface area contributed by atoms with Gasteiger partial charge in [-0.15, -0.1) is 0 Å². The molecule has 31 heavy (non-hydrogen) atoms. The van der Waals surface area contributed by atoms with E-state index in [-0.39, 0.29) is 12.1 Å². The van der Waals surface area contributed by atoms with Crippen LogP contribution >= 0.6 is 23.2 Å². The Morgan fingerprint density at radius 3 is 1.81 bits per heavy atom. The lowest BCUT2D eigenvalue weighted by Crippen LogP contribution is -2.51. The van der Waals surface area contributed by atoms with Crippen LogP contribution in [0.5, 0.6) is 0 Å². The molecule has 0 atom stereocenters. The zero-order valence-corrected chi connectivity index (χ0v) is 19.2. The highest BCUT2D eigenvalue weighted by atomic mass is 35.5. The van der Waals surface area contributed by atoms with Crippen LogP contribution in [0.2, 0.25) is 10.0 Å². The van der Waals surface area contributed by atoms with Crippen molar-refractivity contribution in [3.05, 3.63) is 87.7 Å². The van der Waals surface area contributed by atoms with Gasteiger partial charge in [0.1, 0.15) is 0 Å². The fourth-order valence-corrected chi connectivity index (χ4v) is 4.21. The Kier molecular flexibility index (Phi) is 6.65. The molecule has 7 heteroatoms. The van der Waals surface area contributed by atoms with E-state index >= 15 is 0 Å². The minimum Gasteiger partial charge on any atom is -0.320 e. The van der Waals surface area contributed by atoms with Gasteiger partial charge in [0.15, 0.2) is 0 Å². The van der Waals surface area contributed by atoms with Gasteiger partial charge >= 0.3 is 6.03 Å². The van der Waals surface area contributed by atoms with Gasteiger partial charge in [0.2, 0.25) is 0 Å². The molecule has 0 radical (unpaired) electrons. The van der Waals surface area contributed by atoms with Crippen molar-refractivity contribution in [1.29, 1.82) is 0 Å². The Morgan fingerprint density at radius 2 is 1.35 bits per heavy atom. The normalized spacial score (nSPS) is 15.1. The molecule has 2 aromatic carbocycles. The second kappa shape index (κ2) is 9.43. The smallest absolute Gasteiger partial charge is 0.320 e. The lowest BCUT2D eigenvalue weighted by atomic mass is 9.96. The van der Waals surface area contributed by atoms with Crippen LogP contribution in [0.1, 0.15) is 42.5 Å². The average Bonchev–Trinajstić information content (AvgIpc) is 3.27. The van der Waals surface area contributed by atoms with Gasteiger partial charge in [-0.1, -0.05) is 61.3 Å². The minimum absolute atomic E-state index is 0.0684. The number of carbonyl (C=O) groups is 1. The summed E-state index contributed by atoms with van der Waals surface area (Å²) in [5.74, 6) is 0.345. The second-order valence-electron chi connectivity index (χ2n) is 8.18. The van der Waals surface area contributed by atoms with E-state index in [1.54, 1.807) is 6.20 Å². The Balaban J connectivity index is 1.51. The van der Waals surface area contributed by atoms with Crippen LogP contribution in [0.15, 0.2) is 60.9 Å². The molecule has 1 aromatic heterocycles. The molecule has 0 aliphatic carbocycles. The zero-order chi connectivity index (χ0) is 22.0. The number of benzene rings is 2. The van der Waals surface area contributed by atoms with E-state index in [0.29, 0.717) is 29.1 Å². The number of nitrogens with zero attached hydrogens (tertiary/aromatic N) is 4. The number of amides is 1. The van der Waals surface area contributed by atoms with Crippen LogP contribution in [0.25, 0.3) is 0 Å². The third-order valence-electron chi connectivity index (χ3n) is 5.79. The summed E-state index contributed by atoms with van der Waals surface area (Å²) in [6, 6.07) is 15.9. The predicted octanol–water partition coefficient (Wildman–Crippen LogP) is 5.69. The molecular weight excluding hydrogens is 431 g/mol. The Labute approximate surface area is 193 Å². The lowest BCUT2D eigenvalue weighted by molar-refractivity contribution is 0.119. The lowest BCUT2D eigenvalue weighted by Gasteiger charge is -2.39. The number of aromatic nitrogens is 2. The molecule has 0 spiro atoms. The van der Waals surface area contributed by atoms with Gasteiger partial charge in [-0.2, -0.15) is 9.78 Å². The maximum absolute atomic E-state index is 12.9. The summed E-state index contributed by atoms with van der Waals surface area (Å²) in [6.45, 7) is 7.01. The molecule has 1 saturated heterocycles. The third kappa shape index (κ3) is 4.95. The van der Waals surface area contributed by atoms with Crippen LogP contribution in [0.4, 0.5) is 4.79 Å². The molecule has 0 unspecified atom stereocenters. The molecule has 1 aliphatic rings. The summed E-state index contributed by atoms with van der Waals surface area (Å²) in [7, 11) is 0. The average molecular weight is 457 g/mol. The first-order valence-electron chi connectivity index (χ1n) is 10.5. The molecule has 162 valence electrons. The second-order valence-corrected chi connectivity index (χ2v) is 9.06. The first-order valence-corrected chi connectivity index (χ1v) is 11.3. The Bertz CT molecular complexity index is 977. The van der Waals surface area contributed by atoms with Crippen LogP contribution in [-0.4, -0.2) is 51.8 Å². The fraction of sp³-hybridized carbons (Fsp3) is 0.333. The molecule has 1 fully saturated rings. The van der Waals surface area contributed by atoms with Crippen LogP contribution in [0.3, 0.4) is 0 Å². The van der Waals surface area contributed by atoms with Crippen molar-refractivity contribution in [2.75, 3.05) is 26.2 Å². The largest absolute Gasteiger partial charge is 0.344 e. The number of carbonyl (C=O) groups excluding carboxylic acids is 1. The Morgan fingerprint density at radius 1 is 0.839 bits per heavy atom. The maximum atomic E-state index is 12.9. The predicted molar refractivity (Wildman–Crippen MR) is 125 cm³/mol. The highest BCUT2D eigenvalue weighted by molar-refractivity contribution is 6.30. The maximum Gasteiger partial charge on any atom is 0.344 e. The summed E-state index contributed by atoms with van der Waals surface area (Å²) in [5.41, 5.74) is 3.40. The van der Waals surface area contributed by atoms with Gasteiger partial charge in [-0.25, -0.2) is 4.79 Å². The SMILES string of the molecule is CC(C)c1cnn(C(=O)N2CCN(C(c3ccc(Cl)cc3)c3ccc(Cl)cc3)CC2)c1. The van der Waals surface area contributed by atoms with Crippen molar-refractivity contribution in [2.45, 2.75) is 25.8 Å². The summed E-state index contributed by atoms with van der Waals surface area (Å²) >= 11 is 12.2. The van der Waals surface area contributed by atoms with E-state index in [9.17, 15) is 4.79 Å². The molecular formula is C24H26Cl2N4O. The van der Waals surface area contributed by atoms with Crippen molar-refractivity contribution in [3.63, 3.8) is 0 Å². The van der Waals surface area contributed by atoms with E-state index in [1.165, 1.54) is 15.8 Å². The monoisotopic (exact) mass is 456 g/mol. The van der Waals surface area contributed by atoms with Crippen molar-refractivity contribution in [2.24, 2.45) is 0 Å². The number of hydrogen-bond acceptors (Lipinski definition) is 3. The van der Waals surface area contributed by atoms with Crippen LogP contribution in [0, 0.1) is 0 Å². The Hall–Kier alpha value is -2.34. The van der Waals surface area contributed by atoms with E-state index in [1.807, 2.05) is 35.4 Å². The van der Waals surface area contributed by atoms with Gasteiger partial charge in [0.05, 0.1) is 12.2 Å². The molecule has 4 rings (SSSR count). The molecule has 0 bridgehead atoms. The van der Waals surface area contributed by atoms with Crippen molar-refractivity contribution in [1.82, 2.24) is 19.6 Å². The molecule has 1 aliphatic heterocycles. The van der Waals surface area contributed by atoms with E-state index in [4.69, 9.17) is 23.2 Å². The van der Waals surface area contributed by atoms with Gasteiger partial charge in [-0.3, -0.25) is 4.90 Å². The number of rotatable bonds is 4. The first kappa shape index (κ1) is 21.9. The quantitative estimate of drug-likeness (QED) is 0.506. The molecule has 3 aromatic rings. The first-order chi connectivity index (χ1) is 14.9. The van der Waals surface area contributed by atoms with Crippen molar-refractivity contribution in [3.8, 4) is 0 Å². The molecule has 2 heterocycles. The summed E-state index contributed by atoms with van der Waals surface area (Å²) in [4.78, 5) is 17.2. The summed E-state index contributed by atoms with van der Waals surface area (Å²) < 4.78 is 1.46. The molecule has 1 amide bonds. The topological polar surface area (TPSA) is 41.4 Å². The van der Waals surface area contributed by atoms with Crippen molar-refractivity contribution < 1.29 is 4.79 Å². The molecule has 5 nitrogen and oxygen atoms in total. The fourth-order valence-electron chi connectivity index (χ4n) is 3.96. The standard InChI is InChI=1S/C24H26Cl2N4O/c1-17(2)20-15-27-30(16-20)24(31)29-13-11-28(12-14-29)23(18-3-7-21(25)8-4-18)19-5-9-22(26)10-6-19/h3-10,15-17,23H,11-14H2,1-2H3. The van der Waals surface area contributed by atoms with Gasteiger partial charge < -0.3 is 4.90 Å². The number of halogens is 2. The van der Waals surface area contributed by atoms with Gasteiger partial charge in [0.25, 0.3) is 0 Å². The van der Waals surface area contributed by atoms with E-state index in [2.05, 4.69) is 48.1 Å². The molecule has 0 saturated carbocycles. The van der Waals surface area contributed by atoms with Crippen LogP contribution in [-0.2, 0) is 0 Å². The molecule has 0 N–H and O–H groups in total. The van der Waals surface area contributed by atoms with E-state index < -0.39 is 0 Å². The van der Waals surface area contributed by atoms with Crippen molar-refractivity contribution >= 4 is 29.2 Å². The minimum atomic E-state index is -0.0684. The third-order valence-corrected chi connectivity index (χ3v) is 6.29. The summed E-state index contributed by atoms with van der Waals surface area (Å²) in [6.07, 6.45) is 3.61. The zero-order valence-electron chi connectivity index (χ0n) is 17.7. The van der Waals surface area contributed by atoms with Gasteiger partial charge in [-0.05, 0) is 46.9 Å². The van der Waals surface area contributed by atoms with Crippen LogP contribution < -0.4 is 0 Å². The van der Waals surface area contributed by atoms with Gasteiger partial charge in [0, 0.05) is 42.4 Å². The number of piperazine rings is 1. The summed E-state index contributed by atoms with van der Waals surface area (Å²) in [5, 5.41) is 5.70. The number of hydrogen-bond donors (Lipinski definition) is 0. The van der Waals surface area contributed by atoms with E-state index in [0.717, 1.165) is 18.7 Å². The highest BCUT2D eigenvalue weighted by Crippen LogP contribution is 2.31. The highest BCUT2D eigenvalue weighted by Gasteiger charge is 2.29.